The van der Waals surface area contributed by atoms with Gasteiger partial charge in [0, 0.05) is 49.7 Å². The minimum absolute atomic E-state index is 0.102. The molecule has 8 nitrogen and oxygen atoms in total. The van der Waals surface area contributed by atoms with Crippen molar-refractivity contribution in [3.05, 3.63) is 53.6 Å². The summed E-state index contributed by atoms with van der Waals surface area (Å²) >= 11 is 0. The number of aromatic nitrogens is 4. The second-order valence-electron chi connectivity index (χ2n) is 9.16. The number of piperazine rings is 1. The topological polar surface area (TPSA) is 79.2 Å². The first-order valence-electron chi connectivity index (χ1n) is 11.7. The van der Waals surface area contributed by atoms with E-state index in [1.165, 1.54) is 19.3 Å². The van der Waals surface area contributed by atoms with Gasteiger partial charge in [-0.1, -0.05) is 0 Å². The molecule has 3 heterocycles. The van der Waals surface area contributed by atoms with E-state index in [4.69, 9.17) is 4.98 Å². The number of hydrogen-bond donors (Lipinski definition) is 1. The van der Waals surface area contributed by atoms with Crippen LogP contribution in [0, 0.1) is 13.8 Å². The summed E-state index contributed by atoms with van der Waals surface area (Å²) in [5, 5.41) is 3.31. The number of carbonyl (C=O) groups is 1. The molecular weight excluding hydrogens is 414 g/mol. The van der Waals surface area contributed by atoms with E-state index >= 15 is 0 Å². The molecule has 0 radical (unpaired) electrons. The Morgan fingerprint density at radius 1 is 1.06 bits per heavy atom. The van der Waals surface area contributed by atoms with Gasteiger partial charge in [-0.25, -0.2) is 15.0 Å². The van der Waals surface area contributed by atoms with Gasteiger partial charge in [0.25, 0.3) is 5.91 Å². The summed E-state index contributed by atoms with van der Waals surface area (Å²) in [5.41, 5.74) is 4.45. The Hall–Kier alpha value is -3.26. The van der Waals surface area contributed by atoms with E-state index in [1.54, 1.807) is 6.20 Å². The van der Waals surface area contributed by atoms with Gasteiger partial charge < -0.3 is 19.7 Å². The second kappa shape index (κ2) is 8.94. The lowest BCUT2D eigenvalue weighted by atomic mass is 9.92. The summed E-state index contributed by atoms with van der Waals surface area (Å²) in [4.78, 5) is 30.9. The minimum Gasteiger partial charge on any atom is -0.336 e. The molecular formula is C25H31N7O. The van der Waals surface area contributed by atoms with E-state index in [9.17, 15) is 4.79 Å². The first-order chi connectivity index (χ1) is 16.0. The van der Waals surface area contributed by atoms with Crippen molar-refractivity contribution in [3.8, 4) is 11.4 Å². The predicted octanol–water partition coefficient (Wildman–Crippen LogP) is 3.81. The third-order valence-electron chi connectivity index (χ3n) is 6.84. The Morgan fingerprint density at radius 3 is 2.55 bits per heavy atom. The lowest BCUT2D eigenvalue weighted by Crippen LogP contribution is -2.47. The van der Waals surface area contributed by atoms with Crippen LogP contribution in [-0.4, -0.2) is 68.5 Å². The van der Waals surface area contributed by atoms with Crippen molar-refractivity contribution in [2.75, 3.05) is 38.5 Å². The molecule has 2 fully saturated rings. The summed E-state index contributed by atoms with van der Waals surface area (Å²) in [6.07, 6.45) is 7.33. The molecule has 1 aromatic carbocycles. The van der Waals surface area contributed by atoms with Gasteiger partial charge in [-0.3, -0.25) is 4.79 Å². The van der Waals surface area contributed by atoms with Crippen molar-refractivity contribution in [3.63, 3.8) is 0 Å². The number of aryl methyl sites for hydroxylation is 2. The van der Waals surface area contributed by atoms with Crippen LogP contribution in [0.15, 0.2) is 36.7 Å². The standard InChI is InChI=1S/C25H31N7O/c1-17-15-19(7-8-21(17)24(33)31-13-11-30(3)12-14-31)28-25-26-10-9-22(29-25)23-16-27-18(2)32(23)20-5-4-6-20/h7-10,15-16,20H,4-6,11-14H2,1-3H3,(H,26,28,29). The van der Waals surface area contributed by atoms with Gasteiger partial charge in [-0.2, -0.15) is 0 Å². The van der Waals surface area contributed by atoms with Crippen LogP contribution in [0.1, 0.15) is 47.1 Å². The Balaban J connectivity index is 1.33. The Bertz CT molecular complexity index is 1160. The molecule has 2 aromatic heterocycles. The fourth-order valence-electron chi connectivity index (χ4n) is 4.60. The molecule has 2 aliphatic rings. The van der Waals surface area contributed by atoms with E-state index in [1.807, 2.05) is 42.3 Å². The monoisotopic (exact) mass is 445 g/mol. The SMILES string of the molecule is Cc1cc(Nc2nccc(-c3cnc(C)n3C3CCC3)n2)ccc1C(=O)N1CCN(C)CC1. The Labute approximate surface area is 194 Å². The van der Waals surface area contributed by atoms with Crippen LogP contribution in [0.25, 0.3) is 11.4 Å². The molecule has 0 spiro atoms. The first-order valence-corrected chi connectivity index (χ1v) is 11.7. The van der Waals surface area contributed by atoms with Gasteiger partial charge in [0.2, 0.25) is 5.95 Å². The average molecular weight is 446 g/mol. The molecule has 172 valence electrons. The average Bonchev–Trinajstić information content (AvgIpc) is 3.14. The van der Waals surface area contributed by atoms with Crippen LogP contribution in [0.4, 0.5) is 11.6 Å². The zero-order valence-corrected chi connectivity index (χ0v) is 19.6. The molecule has 1 aliphatic heterocycles. The van der Waals surface area contributed by atoms with E-state index in [-0.39, 0.29) is 5.91 Å². The van der Waals surface area contributed by atoms with Crippen LogP contribution in [0.5, 0.6) is 0 Å². The molecule has 0 unspecified atom stereocenters. The largest absolute Gasteiger partial charge is 0.336 e. The Kier molecular flexibility index (Phi) is 5.85. The third kappa shape index (κ3) is 4.35. The molecule has 0 atom stereocenters. The molecule has 1 amide bonds. The number of nitrogens with one attached hydrogen (secondary N) is 1. The Morgan fingerprint density at radius 2 is 1.85 bits per heavy atom. The lowest BCUT2D eigenvalue weighted by molar-refractivity contribution is 0.0663. The molecule has 1 N–H and O–H groups in total. The summed E-state index contributed by atoms with van der Waals surface area (Å²) in [5.74, 6) is 1.66. The maximum Gasteiger partial charge on any atom is 0.254 e. The molecule has 1 saturated carbocycles. The van der Waals surface area contributed by atoms with Crippen LogP contribution in [-0.2, 0) is 0 Å². The number of likely N-dealkylation sites (N-methyl/N-ethyl adjacent to an activating group) is 1. The van der Waals surface area contributed by atoms with Crippen molar-refractivity contribution in [1.82, 2.24) is 29.3 Å². The normalized spacial score (nSPS) is 17.1. The van der Waals surface area contributed by atoms with Crippen molar-refractivity contribution >= 4 is 17.5 Å². The summed E-state index contributed by atoms with van der Waals surface area (Å²) in [6, 6.07) is 8.26. The molecule has 8 heteroatoms. The number of imidazole rings is 1. The minimum atomic E-state index is 0.102. The predicted molar refractivity (Wildman–Crippen MR) is 129 cm³/mol. The van der Waals surface area contributed by atoms with E-state index < -0.39 is 0 Å². The van der Waals surface area contributed by atoms with Crippen molar-refractivity contribution in [2.24, 2.45) is 0 Å². The zero-order chi connectivity index (χ0) is 22.9. The second-order valence-corrected chi connectivity index (χ2v) is 9.16. The van der Waals surface area contributed by atoms with Crippen molar-refractivity contribution in [1.29, 1.82) is 0 Å². The van der Waals surface area contributed by atoms with Crippen LogP contribution < -0.4 is 5.32 Å². The van der Waals surface area contributed by atoms with Gasteiger partial charge >= 0.3 is 0 Å². The summed E-state index contributed by atoms with van der Waals surface area (Å²) in [7, 11) is 2.09. The number of benzene rings is 1. The number of carbonyl (C=O) groups excluding carboxylic acids is 1. The first kappa shape index (κ1) is 21.6. The van der Waals surface area contributed by atoms with Gasteiger partial charge in [-0.05, 0) is 70.0 Å². The summed E-state index contributed by atoms with van der Waals surface area (Å²) < 4.78 is 2.30. The van der Waals surface area contributed by atoms with Gasteiger partial charge in [0.1, 0.15) is 5.82 Å². The molecule has 33 heavy (non-hydrogen) atoms. The molecule has 5 rings (SSSR count). The van der Waals surface area contributed by atoms with Gasteiger partial charge in [0.05, 0.1) is 17.6 Å². The van der Waals surface area contributed by atoms with Crippen LogP contribution in [0.3, 0.4) is 0 Å². The highest BCUT2D eigenvalue weighted by atomic mass is 16.2. The number of hydrogen-bond acceptors (Lipinski definition) is 6. The number of anilines is 2. The van der Waals surface area contributed by atoms with Crippen molar-refractivity contribution in [2.45, 2.75) is 39.2 Å². The fourth-order valence-corrected chi connectivity index (χ4v) is 4.60. The molecule has 1 aliphatic carbocycles. The van der Waals surface area contributed by atoms with Gasteiger partial charge in [-0.15, -0.1) is 0 Å². The van der Waals surface area contributed by atoms with Crippen molar-refractivity contribution < 1.29 is 4.79 Å². The fraction of sp³-hybridized carbons (Fsp3) is 0.440. The van der Waals surface area contributed by atoms with E-state index in [2.05, 4.69) is 38.7 Å². The number of amides is 1. The van der Waals surface area contributed by atoms with Crippen LogP contribution in [0.2, 0.25) is 0 Å². The smallest absolute Gasteiger partial charge is 0.254 e. The molecule has 1 saturated heterocycles. The zero-order valence-electron chi connectivity index (χ0n) is 19.6. The molecule has 0 bridgehead atoms. The highest BCUT2D eigenvalue weighted by Gasteiger charge is 2.25. The number of rotatable bonds is 5. The van der Waals surface area contributed by atoms with Crippen LogP contribution >= 0.6 is 0 Å². The third-order valence-corrected chi connectivity index (χ3v) is 6.84. The van der Waals surface area contributed by atoms with E-state index in [0.717, 1.165) is 60.2 Å². The highest BCUT2D eigenvalue weighted by Crippen LogP contribution is 2.36. The highest BCUT2D eigenvalue weighted by molar-refractivity contribution is 5.96. The quantitative estimate of drug-likeness (QED) is 0.643. The molecule has 3 aromatic rings. The number of nitrogens with zero attached hydrogens (tertiary/aromatic N) is 6. The maximum absolute atomic E-state index is 13.0. The summed E-state index contributed by atoms with van der Waals surface area (Å²) in [6.45, 7) is 7.40. The van der Waals surface area contributed by atoms with E-state index in [0.29, 0.717) is 12.0 Å². The lowest BCUT2D eigenvalue weighted by Gasteiger charge is -2.32. The van der Waals surface area contributed by atoms with Gasteiger partial charge in [0.15, 0.2) is 0 Å². The maximum atomic E-state index is 13.0.